The van der Waals surface area contributed by atoms with E-state index in [1.165, 1.54) is 17.4 Å². The van der Waals surface area contributed by atoms with Crippen molar-refractivity contribution in [2.45, 2.75) is 18.9 Å². The van der Waals surface area contributed by atoms with Gasteiger partial charge in [0.25, 0.3) is 11.8 Å². The average molecular weight is 471 g/mol. The molecule has 11 heteroatoms. The second kappa shape index (κ2) is 10.2. The van der Waals surface area contributed by atoms with Crippen LogP contribution in [0, 0.1) is 0 Å². The van der Waals surface area contributed by atoms with Gasteiger partial charge in [-0.1, -0.05) is 6.07 Å². The van der Waals surface area contributed by atoms with Gasteiger partial charge in [-0.25, -0.2) is 0 Å². The third-order valence-electron chi connectivity index (χ3n) is 4.87. The molecule has 4 N–H and O–H groups in total. The van der Waals surface area contributed by atoms with Crippen LogP contribution in [0.15, 0.2) is 41.4 Å². The number of amides is 2. The first-order valence-corrected chi connectivity index (χ1v) is 11.1. The summed E-state index contributed by atoms with van der Waals surface area (Å²) in [5, 5.41) is 17.7. The molecule has 1 aromatic carbocycles. The normalized spacial score (nSPS) is 15.5. The van der Waals surface area contributed by atoms with Gasteiger partial charge in [-0.2, -0.15) is 0 Å². The molecule has 0 unspecified atom stereocenters. The predicted octanol–water partition coefficient (Wildman–Crippen LogP) is 1.90. The van der Waals surface area contributed by atoms with Gasteiger partial charge in [-0.05, 0) is 42.3 Å². The number of aliphatic carboxylic acids is 1. The van der Waals surface area contributed by atoms with E-state index in [1.807, 2.05) is 0 Å². The lowest BCUT2D eigenvalue weighted by Crippen LogP contribution is -2.43. The molecule has 0 saturated heterocycles. The fourth-order valence-electron chi connectivity index (χ4n) is 3.28. The number of carboxylic acid groups (broad SMARTS) is 1. The second-order valence-corrected chi connectivity index (χ2v) is 8.39. The Morgan fingerprint density at radius 3 is 2.85 bits per heavy atom. The summed E-state index contributed by atoms with van der Waals surface area (Å²) in [5.74, 6) is -0.246. The van der Waals surface area contributed by atoms with Gasteiger partial charge < -0.3 is 25.2 Å². The number of nitrogens with one attached hydrogen (secondary N) is 3. The van der Waals surface area contributed by atoms with Gasteiger partial charge in [0.15, 0.2) is 17.5 Å². The van der Waals surface area contributed by atoms with Gasteiger partial charge in [-0.15, -0.1) is 11.3 Å². The first kappa shape index (κ1) is 22.3. The smallest absolute Gasteiger partial charge is 0.305 e. The number of carboxylic acids is 1. The lowest BCUT2D eigenvalue weighted by Gasteiger charge is -2.17. The van der Waals surface area contributed by atoms with Crippen LogP contribution in [0.5, 0.6) is 11.5 Å². The molecular weight excluding hydrogens is 448 g/mol. The highest BCUT2D eigenvalue weighted by atomic mass is 32.1. The molecular formula is C22H22N4O6S. The lowest BCUT2D eigenvalue weighted by molar-refractivity contribution is -0.137. The van der Waals surface area contributed by atoms with Gasteiger partial charge in [0.2, 0.25) is 6.79 Å². The maximum Gasteiger partial charge on any atom is 0.305 e. The SMILES string of the molecule is O=C(O)C[C@@H](NC(=O)c1ccc(C=CC(=O)NC2=NCCCN2)s1)c1ccc2c(c1)OCO2. The van der Waals surface area contributed by atoms with Crippen molar-refractivity contribution in [3.05, 3.63) is 51.7 Å². The van der Waals surface area contributed by atoms with E-state index in [0.29, 0.717) is 39.3 Å². The lowest BCUT2D eigenvalue weighted by atomic mass is 10.0. The number of fused-ring (bicyclic) bond motifs is 1. The monoisotopic (exact) mass is 470 g/mol. The maximum atomic E-state index is 12.8. The molecule has 0 radical (unpaired) electrons. The fraction of sp³-hybridized carbons (Fsp3) is 0.273. The number of carbonyl (C=O) groups excluding carboxylic acids is 2. The molecule has 33 heavy (non-hydrogen) atoms. The summed E-state index contributed by atoms with van der Waals surface area (Å²) in [6, 6.07) is 7.65. The molecule has 1 aromatic heterocycles. The van der Waals surface area contributed by atoms with Crippen LogP contribution in [0.25, 0.3) is 6.08 Å². The van der Waals surface area contributed by atoms with Crippen molar-refractivity contribution >= 4 is 41.2 Å². The number of benzene rings is 1. The summed E-state index contributed by atoms with van der Waals surface area (Å²) in [6.07, 6.45) is 3.61. The Balaban J connectivity index is 1.40. The van der Waals surface area contributed by atoms with Gasteiger partial charge in [0, 0.05) is 24.0 Å². The average Bonchev–Trinajstić information content (AvgIpc) is 3.46. The van der Waals surface area contributed by atoms with Gasteiger partial charge in [0.05, 0.1) is 17.3 Å². The molecule has 4 rings (SSSR count). The number of carbonyl (C=O) groups is 3. The molecule has 10 nitrogen and oxygen atoms in total. The van der Waals surface area contributed by atoms with Crippen LogP contribution in [-0.2, 0) is 9.59 Å². The molecule has 3 heterocycles. The minimum absolute atomic E-state index is 0.100. The van der Waals surface area contributed by atoms with Crippen LogP contribution >= 0.6 is 11.3 Å². The van der Waals surface area contributed by atoms with Crippen molar-refractivity contribution in [3.8, 4) is 11.5 Å². The second-order valence-electron chi connectivity index (χ2n) is 7.27. The number of thiophene rings is 1. The van der Waals surface area contributed by atoms with E-state index in [4.69, 9.17) is 9.47 Å². The minimum Gasteiger partial charge on any atom is -0.481 e. The molecule has 0 fully saturated rings. The minimum atomic E-state index is -1.05. The number of nitrogens with zero attached hydrogens (tertiary/aromatic N) is 1. The Bertz CT molecular complexity index is 1130. The molecule has 0 bridgehead atoms. The zero-order chi connectivity index (χ0) is 23.2. The largest absolute Gasteiger partial charge is 0.481 e. The standard InChI is InChI=1S/C22H22N4O6S/c27-19(26-22-23-8-1-9-24-22)7-4-14-3-6-18(33-14)21(30)25-15(11-20(28)29)13-2-5-16-17(10-13)32-12-31-16/h2-7,10,15H,1,8-9,11-12H2,(H,25,30)(H,28,29)(H2,23,24,26,27)/t15-/m1/s1. The molecule has 2 aliphatic heterocycles. The topological polar surface area (TPSA) is 138 Å². The van der Waals surface area contributed by atoms with Crippen molar-refractivity contribution < 1.29 is 29.0 Å². The number of aliphatic imine (C=N–C) groups is 1. The summed E-state index contributed by atoms with van der Waals surface area (Å²) in [6.45, 7) is 1.54. The highest BCUT2D eigenvalue weighted by Crippen LogP contribution is 2.35. The third-order valence-corrected chi connectivity index (χ3v) is 5.92. The highest BCUT2D eigenvalue weighted by Gasteiger charge is 2.23. The first-order chi connectivity index (χ1) is 16.0. The summed E-state index contributed by atoms with van der Waals surface area (Å²) < 4.78 is 10.6. The zero-order valence-electron chi connectivity index (χ0n) is 17.5. The molecule has 0 aliphatic carbocycles. The maximum absolute atomic E-state index is 12.8. The van der Waals surface area contributed by atoms with Gasteiger partial charge in [-0.3, -0.25) is 24.7 Å². The van der Waals surface area contributed by atoms with Crippen molar-refractivity contribution in [2.75, 3.05) is 19.9 Å². The zero-order valence-corrected chi connectivity index (χ0v) is 18.3. The number of ether oxygens (including phenoxy) is 2. The Hall–Kier alpha value is -3.86. The van der Waals surface area contributed by atoms with E-state index < -0.39 is 17.9 Å². The Morgan fingerprint density at radius 2 is 2.06 bits per heavy atom. The summed E-state index contributed by atoms with van der Waals surface area (Å²) in [5.41, 5.74) is 0.600. The van der Waals surface area contributed by atoms with Crippen LogP contribution in [0.1, 0.15) is 39.0 Å². The number of hydrogen-bond acceptors (Lipinski definition) is 8. The van der Waals surface area contributed by atoms with Crippen LogP contribution in [0.3, 0.4) is 0 Å². The van der Waals surface area contributed by atoms with Crippen LogP contribution in [-0.4, -0.2) is 48.7 Å². The number of guanidine groups is 1. The molecule has 172 valence electrons. The summed E-state index contributed by atoms with van der Waals surface area (Å²) >= 11 is 1.19. The third kappa shape index (κ3) is 5.89. The fourth-order valence-corrected chi connectivity index (χ4v) is 4.10. The summed E-state index contributed by atoms with van der Waals surface area (Å²) in [4.78, 5) is 41.5. The van der Waals surface area contributed by atoms with Crippen LogP contribution in [0.4, 0.5) is 0 Å². The van der Waals surface area contributed by atoms with E-state index >= 15 is 0 Å². The van der Waals surface area contributed by atoms with E-state index in [0.717, 1.165) is 13.0 Å². The van der Waals surface area contributed by atoms with Crippen LogP contribution < -0.4 is 25.4 Å². The highest BCUT2D eigenvalue weighted by molar-refractivity contribution is 7.14. The van der Waals surface area contributed by atoms with Crippen LogP contribution in [0.2, 0.25) is 0 Å². The van der Waals surface area contributed by atoms with Crippen molar-refractivity contribution in [3.63, 3.8) is 0 Å². The van der Waals surface area contributed by atoms with Crippen molar-refractivity contribution in [1.82, 2.24) is 16.0 Å². The van der Waals surface area contributed by atoms with Gasteiger partial charge in [0.1, 0.15) is 0 Å². The molecule has 2 aliphatic rings. The Morgan fingerprint density at radius 1 is 1.21 bits per heavy atom. The van der Waals surface area contributed by atoms with E-state index in [2.05, 4.69) is 20.9 Å². The molecule has 2 aromatic rings. The van der Waals surface area contributed by atoms with E-state index in [9.17, 15) is 19.5 Å². The quantitative estimate of drug-likeness (QED) is 0.454. The summed E-state index contributed by atoms with van der Waals surface area (Å²) in [7, 11) is 0. The molecule has 1 atom stereocenters. The molecule has 0 spiro atoms. The van der Waals surface area contributed by atoms with Gasteiger partial charge >= 0.3 is 5.97 Å². The van der Waals surface area contributed by atoms with Crippen molar-refractivity contribution in [2.24, 2.45) is 4.99 Å². The van der Waals surface area contributed by atoms with E-state index in [1.54, 1.807) is 36.4 Å². The molecule has 0 saturated carbocycles. The Kier molecular flexibility index (Phi) is 6.89. The first-order valence-electron chi connectivity index (χ1n) is 10.3. The number of hydrogen-bond donors (Lipinski definition) is 4. The van der Waals surface area contributed by atoms with Crippen molar-refractivity contribution in [1.29, 1.82) is 0 Å². The predicted molar refractivity (Wildman–Crippen MR) is 121 cm³/mol. The number of rotatable bonds is 7. The molecule has 2 amide bonds. The Labute approximate surface area is 193 Å². The van der Waals surface area contributed by atoms with E-state index in [-0.39, 0.29) is 19.1 Å².